The molecule has 1 heterocycles. The first kappa shape index (κ1) is 24.5. The normalized spacial score (nSPS) is 20.6. The predicted octanol–water partition coefficient (Wildman–Crippen LogP) is 2.52. The number of amides is 3. The highest BCUT2D eigenvalue weighted by Gasteiger charge is 2.41. The van der Waals surface area contributed by atoms with E-state index in [9.17, 15) is 27.6 Å². The Hall–Kier alpha value is -2.66. The van der Waals surface area contributed by atoms with Gasteiger partial charge in [0.2, 0.25) is 5.91 Å². The van der Waals surface area contributed by atoms with Crippen LogP contribution in [0.1, 0.15) is 44.1 Å². The third-order valence-corrected chi connectivity index (χ3v) is 6.93. The maximum atomic E-state index is 13.8. The average molecular weight is 483 g/mol. The zero-order valence-corrected chi connectivity index (χ0v) is 18.8. The summed E-state index contributed by atoms with van der Waals surface area (Å²) in [6.07, 6.45) is 1.08. The van der Waals surface area contributed by atoms with Crippen LogP contribution in [-0.2, 0) is 25.3 Å². The zero-order chi connectivity index (χ0) is 24.5. The summed E-state index contributed by atoms with van der Waals surface area (Å²) in [5.74, 6) is -1.76. The number of primary amides is 1. The minimum atomic E-state index is -4.76. The molecule has 0 spiro atoms. The SMILES string of the molecule is NC(=O)[C@@H](C(=O)Nc1ccc(N2CCOCC2=O)c(C(F)(F)F)c1)N(CC1CCC1)C1CCC1. The van der Waals surface area contributed by atoms with Gasteiger partial charge < -0.3 is 20.7 Å². The van der Waals surface area contributed by atoms with Crippen molar-refractivity contribution in [3.05, 3.63) is 23.8 Å². The minimum Gasteiger partial charge on any atom is -0.370 e. The molecule has 11 heteroatoms. The van der Waals surface area contributed by atoms with Gasteiger partial charge in [-0.2, -0.15) is 13.2 Å². The van der Waals surface area contributed by atoms with Crippen LogP contribution in [0.15, 0.2) is 18.2 Å². The van der Waals surface area contributed by atoms with E-state index in [2.05, 4.69) is 5.32 Å². The molecule has 0 radical (unpaired) electrons. The van der Waals surface area contributed by atoms with Crippen LogP contribution in [0.5, 0.6) is 0 Å². The lowest BCUT2D eigenvalue weighted by molar-refractivity contribution is -0.138. The van der Waals surface area contributed by atoms with Gasteiger partial charge in [-0.3, -0.25) is 19.3 Å². The van der Waals surface area contributed by atoms with Crippen molar-refractivity contribution in [2.75, 3.05) is 36.5 Å². The largest absolute Gasteiger partial charge is 0.418 e. The van der Waals surface area contributed by atoms with Crippen molar-refractivity contribution in [2.45, 2.75) is 56.8 Å². The molecule has 1 aliphatic heterocycles. The number of carbonyl (C=O) groups excluding carboxylic acids is 3. The Morgan fingerprint density at radius 3 is 2.44 bits per heavy atom. The molecule has 2 aliphatic carbocycles. The van der Waals surface area contributed by atoms with Gasteiger partial charge in [0.1, 0.15) is 6.61 Å². The Morgan fingerprint density at radius 1 is 1.21 bits per heavy atom. The van der Waals surface area contributed by atoms with E-state index in [1.807, 2.05) is 4.90 Å². The van der Waals surface area contributed by atoms with Crippen molar-refractivity contribution in [2.24, 2.45) is 11.7 Å². The molecule has 1 aromatic carbocycles. The lowest BCUT2D eigenvalue weighted by atomic mass is 9.82. The van der Waals surface area contributed by atoms with Gasteiger partial charge in [-0.1, -0.05) is 12.8 Å². The van der Waals surface area contributed by atoms with E-state index in [1.54, 1.807) is 0 Å². The van der Waals surface area contributed by atoms with E-state index in [-0.39, 0.29) is 37.2 Å². The zero-order valence-electron chi connectivity index (χ0n) is 18.8. The van der Waals surface area contributed by atoms with E-state index < -0.39 is 35.5 Å². The number of morpholine rings is 1. The molecular formula is C23H29F3N4O4. The average Bonchev–Trinajstić information content (AvgIpc) is 2.69. The second-order valence-electron chi connectivity index (χ2n) is 9.20. The highest BCUT2D eigenvalue weighted by Crippen LogP contribution is 2.39. The minimum absolute atomic E-state index is 0.00508. The number of rotatable bonds is 8. The van der Waals surface area contributed by atoms with E-state index in [1.165, 1.54) is 6.07 Å². The summed E-state index contributed by atoms with van der Waals surface area (Å²) >= 11 is 0. The Morgan fingerprint density at radius 2 is 1.91 bits per heavy atom. The molecule has 8 nitrogen and oxygen atoms in total. The van der Waals surface area contributed by atoms with Crippen molar-refractivity contribution in [3.63, 3.8) is 0 Å². The lowest BCUT2D eigenvalue weighted by Crippen LogP contribution is -2.58. The first-order chi connectivity index (χ1) is 16.1. The van der Waals surface area contributed by atoms with Crippen LogP contribution in [0.4, 0.5) is 24.5 Å². The fourth-order valence-corrected chi connectivity index (χ4v) is 4.66. The Bertz CT molecular complexity index is 947. The van der Waals surface area contributed by atoms with Crippen LogP contribution in [0, 0.1) is 5.92 Å². The monoisotopic (exact) mass is 482 g/mol. The van der Waals surface area contributed by atoms with Gasteiger partial charge in [0.25, 0.3) is 11.8 Å². The van der Waals surface area contributed by atoms with Crippen LogP contribution in [0.2, 0.25) is 0 Å². The smallest absolute Gasteiger partial charge is 0.370 e. The molecule has 2 saturated carbocycles. The van der Waals surface area contributed by atoms with Crippen molar-refractivity contribution < 1.29 is 32.3 Å². The maximum Gasteiger partial charge on any atom is 0.418 e. The van der Waals surface area contributed by atoms with Gasteiger partial charge in [-0.25, -0.2) is 0 Å². The molecule has 0 bridgehead atoms. The molecule has 3 aliphatic rings. The molecule has 1 atom stereocenters. The molecule has 34 heavy (non-hydrogen) atoms. The summed E-state index contributed by atoms with van der Waals surface area (Å²) < 4.78 is 46.5. The number of ether oxygens (including phenoxy) is 1. The summed E-state index contributed by atoms with van der Waals surface area (Å²) in [5.41, 5.74) is 4.13. The number of carbonyl (C=O) groups is 3. The van der Waals surface area contributed by atoms with Gasteiger partial charge in [0.05, 0.1) is 17.9 Å². The first-order valence-electron chi connectivity index (χ1n) is 11.6. The Kier molecular flexibility index (Phi) is 7.13. The lowest BCUT2D eigenvalue weighted by Gasteiger charge is -2.43. The Labute approximate surface area is 195 Å². The molecule has 186 valence electrons. The summed E-state index contributed by atoms with van der Waals surface area (Å²) in [6, 6.07) is 2.03. The van der Waals surface area contributed by atoms with Crippen LogP contribution in [0.25, 0.3) is 0 Å². The number of halogens is 3. The molecule has 4 rings (SSSR count). The molecule has 3 fully saturated rings. The number of anilines is 2. The number of hydrogen-bond donors (Lipinski definition) is 2. The van der Waals surface area contributed by atoms with E-state index in [0.29, 0.717) is 12.5 Å². The van der Waals surface area contributed by atoms with E-state index in [0.717, 1.165) is 55.6 Å². The quantitative estimate of drug-likeness (QED) is 0.554. The van der Waals surface area contributed by atoms with Gasteiger partial charge in [0, 0.05) is 24.8 Å². The molecule has 1 aromatic rings. The number of hydrogen-bond acceptors (Lipinski definition) is 5. The third-order valence-electron chi connectivity index (χ3n) is 6.93. The highest BCUT2D eigenvalue weighted by molar-refractivity contribution is 6.09. The van der Waals surface area contributed by atoms with Gasteiger partial charge in [-0.05, 0) is 49.8 Å². The molecule has 0 aromatic heterocycles. The number of nitrogens with zero attached hydrogens (tertiary/aromatic N) is 2. The number of alkyl halides is 3. The molecule has 3 N–H and O–H groups in total. The molecule has 0 unspecified atom stereocenters. The topological polar surface area (TPSA) is 105 Å². The molecule has 3 amide bonds. The van der Waals surface area contributed by atoms with E-state index >= 15 is 0 Å². The number of nitrogens with one attached hydrogen (secondary N) is 1. The highest BCUT2D eigenvalue weighted by atomic mass is 19.4. The number of nitrogens with two attached hydrogens (primary N) is 1. The van der Waals surface area contributed by atoms with Gasteiger partial charge in [-0.15, -0.1) is 0 Å². The van der Waals surface area contributed by atoms with Crippen LogP contribution in [-0.4, -0.2) is 61.0 Å². The fraction of sp³-hybridized carbons (Fsp3) is 0.609. The van der Waals surface area contributed by atoms with E-state index in [4.69, 9.17) is 10.5 Å². The maximum absolute atomic E-state index is 13.8. The van der Waals surface area contributed by atoms with Crippen molar-refractivity contribution in [3.8, 4) is 0 Å². The van der Waals surface area contributed by atoms with Crippen LogP contribution >= 0.6 is 0 Å². The fourth-order valence-electron chi connectivity index (χ4n) is 4.66. The van der Waals surface area contributed by atoms with Crippen molar-refractivity contribution in [1.82, 2.24) is 4.90 Å². The standard InChI is InChI=1S/C23H29F3N4O4/c24-23(25,26)17-11-15(7-8-18(17)29-9-10-34-13-19(29)31)28-22(33)20(21(27)32)30(16-5-2-6-16)12-14-3-1-4-14/h7-8,11,14,16,20H,1-6,9-10,12-13H2,(H2,27,32)(H,28,33)/t20-/m0/s1. The first-order valence-corrected chi connectivity index (χ1v) is 11.6. The van der Waals surface area contributed by atoms with Crippen molar-refractivity contribution >= 4 is 29.1 Å². The third kappa shape index (κ3) is 5.20. The second-order valence-corrected chi connectivity index (χ2v) is 9.20. The summed E-state index contributed by atoms with van der Waals surface area (Å²) in [4.78, 5) is 40.4. The van der Waals surface area contributed by atoms with Crippen LogP contribution < -0.4 is 16.0 Å². The van der Waals surface area contributed by atoms with Crippen LogP contribution in [0.3, 0.4) is 0 Å². The van der Waals surface area contributed by atoms with Crippen molar-refractivity contribution in [1.29, 1.82) is 0 Å². The second kappa shape index (κ2) is 9.91. The summed E-state index contributed by atoms with van der Waals surface area (Å²) in [7, 11) is 0. The number of benzene rings is 1. The van der Waals surface area contributed by atoms with Gasteiger partial charge >= 0.3 is 6.18 Å². The molecular weight excluding hydrogens is 453 g/mol. The predicted molar refractivity (Wildman–Crippen MR) is 118 cm³/mol. The summed E-state index contributed by atoms with van der Waals surface area (Å²) in [5, 5.41) is 2.46. The molecule has 1 saturated heterocycles. The Balaban J connectivity index is 1.57. The summed E-state index contributed by atoms with van der Waals surface area (Å²) in [6.45, 7) is 0.389. The van der Waals surface area contributed by atoms with Gasteiger partial charge in [0.15, 0.2) is 6.04 Å².